The number of hydrogen-bond donors (Lipinski definition) is 1. The van der Waals surface area contributed by atoms with E-state index in [1.165, 1.54) is 37.4 Å². The van der Waals surface area contributed by atoms with Crippen molar-refractivity contribution in [2.45, 2.75) is 76.7 Å². The molecule has 3 aliphatic rings. The summed E-state index contributed by atoms with van der Waals surface area (Å²) in [6.07, 6.45) is 7.09. The van der Waals surface area contributed by atoms with Gasteiger partial charge in [-0.1, -0.05) is 13.3 Å². The Hall–Kier alpha value is -2.62. The number of nitrogens with zero attached hydrogens (tertiary/aromatic N) is 6. The van der Waals surface area contributed by atoms with E-state index >= 15 is 0 Å². The molecule has 5 heterocycles. The van der Waals surface area contributed by atoms with Crippen molar-refractivity contribution in [1.29, 1.82) is 0 Å². The first-order chi connectivity index (χ1) is 17.0. The van der Waals surface area contributed by atoms with E-state index in [2.05, 4.69) is 42.8 Å². The maximum atomic E-state index is 13.8. The molecule has 0 bridgehead atoms. The topological polar surface area (TPSA) is 79.2 Å². The first kappa shape index (κ1) is 24.1. The molecule has 5 rings (SSSR count). The third kappa shape index (κ3) is 5.17. The number of piperidine rings is 1. The number of amides is 1. The average Bonchev–Trinajstić information content (AvgIpc) is 3.23. The van der Waals surface area contributed by atoms with Crippen molar-refractivity contribution < 1.29 is 13.6 Å². The predicted octanol–water partition coefficient (Wildman–Crippen LogP) is 3.80. The normalized spacial score (nSPS) is 21.2. The molecule has 190 valence electrons. The summed E-state index contributed by atoms with van der Waals surface area (Å²) in [7, 11) is 0. The summed E-state index contributed by atoms with van der Waals surface area (Å²) in [6, 6.07) is 0. The van der Waals surface area contributed by atoms with Gasteiger partial charge in [-0.05, 0) is 45.2 Å². The van der Waals surface area contributed by atoms with Crippen molar-refractivity contribution in [3.8, 4) is 0 Å². The lowest BCUT2D eigenvalue weighted by atomic mass is 9.91. The van der Waals surface area contributed by atoms with Crippen molar-refractivity contribution in [3.05, 3.63) is 29.6 Å². The summed E-state index contributed by atoms with van der Waals surface area (Å²) in [5, 5.41) is 2.65. The number of unbranched alkanes of at least 4 members (excludes halogenated alkanes) is 1. The van der Waals surface area contributed by atoms with Crippen molar-refractivity contribution >= 4 is 17.5 Å². The van der Waals surface area contributed by atoms with Gasteiger partial charge in [0.15, 0.2) is 0 Å². The van der Waals surface area contributed by atoms with E-state index in [-0.39, 0.29) is 12.2 Å². The van der Waals surface area contributed by atoms with E-state index in [0.29, 0.717) is 30.4 Å². The average molecular weight is 488 g/mol. The van der Waals surface area contributed by atoms with Gasteiger partial charge in [-0.25, -0.2) is 23.7 Å². The molecule has 2 saturated heterocycles. The number of aromatic nitrogens is 4. The Labute approximate surface area is 205 Å². The number of hydrogen-bond acceptors (Lipinski definition) is 6. The van der Waals surface area contributed by atoms with Crippen LogP contribution in [0.4, 0.5) is 20.4 Å². The minimum atomic E-state index is -2.64. The summed E-state index contributed by atoms with van der Waals surface area (Å²) in [6.45, 7) is 8.02. The van der Waals surface area contributed by atoms with Crippen LogP contribution in [0.3, 0.4) is 0 Å². The highest BCUT2D eigenvalue weighted by Gasteiger charge is 2.37. The van der Waals surface area contributed by atoms with Gasteiger partial charge in [-0.2, -0.15) is 0 Å². The Morgan fingerprint density at radius 3 is 2.63 bits per heavy atom. The fraction of sp³-hybridized carbons (Fsp3) is 0.680. The Balaban J connectivity index is 1.31. The highest BCUT2D eigenvalue weighted by molar-refractivity contribution is 5.94. The number of imidazole rings is 1. The predicted molar refractivity (Wildman–Crippen MR) is 130 cm³/mol. The van der Waals surface area contributed by atoms with Crippen LogP contribution in [0.15, 0.2) is 12.5 Å². The highest BCUT2D eigenvalue weighted by Crippen LogP contribution is 2.41. The van der Waals surface area contributed by atoms with Crippen LogP contribution in [0.2, 0.25) is 0 Å². The van der Waals surface area contributed by atoms with E-state index in [4.69, 9.17) is 4.98 Å². The van der Waals surface area contributed by atoms with Crippen molar-refractivity contribution in [3.63, 3.8) is 0 Å². The minimum absolute atomic E-state index is 0.223. The molecule has 0 aromatic carbocycles. The fourth-order valence-corrected chi connectivity index (χ4v) is 5.45. The van der Waals surface area contributed by atoms with Gasteiger partial charge in [0, 0.05) is 50.3 Å². The van der Waals surface area contributed by atoms with Gasteiger partial charge in [0.05, 0.1) is 11.6 Å². The molecule has 10 heteroatoms. The first-order valence-corrected chi connectivity index (χ1v) is 13.0. The Morgan fingerprint density at radius 2 is 1.94 bits per heavy atom. The molecule has 0 aliphatic carbocycles. The van der Waals surface area contributed by atoms with E-state index in [1.54, 1.807) is 0 Å². The zero-order valence-electron chi connectivity index (χ0n) is 20.4. The summed E-state index contributed by atoms with van der Waals surface area (Å²) in [5.41, 5.74) is 1.55. The quantitative estimate of drug-likeness (QED) is 0.580. The van der Waals surface area contributed by atoms with Crippen LogP contribution in [0.25, 0.3) is 0 Å². The summed E-state index contributed by atoms with van der Waals surface area (Å²) >= 11 is 0. The molecule has 0 saturated carbocycles. The smallest absolute Gasteiger partial charge is 0.246 e. The van der Waals surface area contributed by atoms with Crippen LogP contribution in [0.1, 0.15) is 74.4 Å². The minimum Gasteiger partial charge on any atom is -0.356 e. The van der Waals surface area contributed by atoms with Crippen molar-refractivity contribution in [2.75, 3.05) is 42.9 Å². The van der Waals surface area contributed by atoms with Crippen LogP contribution in [-0.4, -0.2) is 69.5 Å². The summed E-state index contributed by atoms with van der Waals surface area (Å²) in [4.78, 5) is 30.0. The van der Waals surface area contributed by atoms with Crippen molar-refractivity contribution in [1.82, 2.24) is 24.4 Å². The number of alkyl halides is 2. The van der Waals surface area contributed by atoms with Crippen molar-refractivity contribution in [2.24, 2.45) is 0 Å². The zero-order valence-corrected chi connectivity index (χ0v) is 20.4. The lowest BCUT2D eigenvalue weighted by Crippen LogP contribution is -2.39. The largest absolute Gasteiger partial charge is 0.356 e. The fourth-order valence-electron chi connectivity index (χ4n) is 5.45. The van der Waals surface area contributed by atoms with E-state index in [1.807, 2.05) is 0 Å². The first-order valence-electron chi connectivity index (χ1n) is 13.0. The highest BCUT2D eigenvalue weighted by atomic mass is 19.3. The number of likely N-dealkylation sites (tertiary alicyclic amines) is 1. The molecule has 1 amide bonds. The van der Waals surface area contributed by atoms with Crippen LogP contribution in [-0.2, 0) is 17.8 Å². The molecule has 1 N–H and O–H groups in total. The Bertz CT molecular complexity index is 1030. The number of anilines is 2. The lowest BCUT2D eigenvalue weighted by Gasteiger charge is -2.36. The van der Waals surface area contributed by atoms with Gasteiger partial charge < -0.3 is 19.7 Å². The molecule has 2 fully saturated rings. The molecule has 0 unspecified atom stereocenters. The third-order valence-electron chi connectivity index (χ3n) is 7.61. The second-order valence-electron chi connectivity index (χ2n) is 10.00. The van der Waals surface area contributed by atoms with Gasteiger partial charge in [-0.15, -0.1) is 0 Å². The van der Waals surface area contributed by atoms with E-state index in [0.717, 1.165) is 45.2 Å². The number of carbonyl (C=O) groups is 1. The number of carbonyl (C=O) groups excluding carboxylic acids is 1. The standard InChI is InChI=1S/C25H35F2N7O/c1-2-3-5-18-15-34(13-12-32-8-4-9-32)24(30-18)17-6-10-33(11-7-17)25-21-19(22(26)27)14-20(35)31-23(21)28-16-29-25/h15-17,19,22H,2-14H2,1H3,(H,28,29,31,35)/t19-/m1/s1. The number of aryl methyl sites for hydroxylation is 1. The summed E-state index contributed by atoms with van der Waals surface area (Å²) in [5.74, 6) is 0.661. The van der Waals surface area contributed by atoms with Gasteiger partial charge in [-0.3, -0.25) is 4.79 Å². The van der Waals surface area contributed by atoms with Gasteiger partial charge in [0.25, 0.3) is 0 Å². The second kappa shape index (κ2) is 10.6. The monoisotopic (exact) mass is 487 g/mol. The molecule has 35 heavy (non-hydrogen) atoms. The molecule has 3 aliphatic heterocycles. The molecular formula is C25H35F2N7O. The van der Waals surface area contributed by atoms with Gasteiger partial charge >= 0.3 is 0 Å². The number of halogens is 2. The van der Waals surface area contributed by atoms with Crippen LogP contribution in [0.5, 0.6) is 0 Å². The maximum absolute atomic E-state index is 13.8. The van der Waals surface area contributed by atoms with Crippen LogP contribution >= 0.6 is 0 Å². The summed E-state index contributed by atoms with van der Waals surface area (Å²) < 4.78 is 30.0. The maximum Gasteiger partial charge on any atom is 0.246 e. The SMILES string of the molecule is CCCCc1cn(CCN2CCC2)c(C2CCN(c3ncnc4c3[C@H](C(F)F)CC(=O)N4)CC2)n1. The molecular weight excluding hydrogens is 452 g/mol. The zero-order chi connectivity index (χ0) is 24.4. The molecule has 2 aromatic rings. The van der Waals surface area contributed by atoms with E-state index < -0.39 is 18.3 Å². The number of rotatable bonds is 9. The molecule has 0 radical (unpaired) electrons. The molecule has 1 atom stereocenters. The third-order valence-corrected chi connectivity index (χ3v) is 7.61. The van der Waals surface area contributed by atoms with E-state index in [9.17, 15) is 13.6 Å². The Morgan fingerprint density at radius 1 is 1.14 bits per heavy atom. The molecule has 8 nitrogen and oxygen atoms in total. The molecule has 0 spiro atoms. The second-order valence-corrected chi connectivity index (χ2v) is 10.00. The Kier molecular flexibility index (Phi) is 7.27. The van der Waals surface area contributed by atoms with Gasteiger partial charge in [0.1, 0.15) is 23.8 Å². The number of nitrogens with one attached hydrogen (secondary N) is 1. The lowest BCUT2D eigenvalue weighted by molar-refractivity contribution is -0.117. The molecule has 2 aromatic heterocycles. The van der Waals surface area contributed by atoms with Gasteiger partial charge in [0.2, 0.25) is 12.3 Å². The van der Waals surface area contributed by atoms with Crippen LogP contribution in [0, 0.1) is 0 Å². The van der Waals surface area contributed by atoms with Crippen LogP contribution < -0.4 is 10.2 Å². The number of fused-ring (bicyclic) bond motifs is 1.